The molecule has 0 radical (unpaired) electrons. The summed E-state index contributed by atoms with van der Waals surface area (Å²) in [6.07, 6.45) is 4.67. The van der Waals surface area contributed by atoms with Gasteiger partial charge in [0, 0.05) is 26.6 Å². The number of hydrogen-bond donors (Lipinski definition) is 3. The molecular weight excluding hydrogens is 292 g/mol. The molecule has 0 atom stereocenters. The van der Waals surface area contributed by atoms with E-state index in [0.717, 1.165) is 44.1 Å². The van der Waals surface area contributed by atoms with Crippen molar-refractivity contribution in [2.24, 2.45) is 10.4 Å². The van der Waals surface area contributed by atoms with Gasteiger partial charge in [-0.05, 0) is 32.4 Å². The first-order valence-corrected chi connectivity index (χ1v) is 8.26. The molecule has 0 fully saturated rings. The molecule has 0 bridgehead atoms. The van der Waals surface area contributed by atoms with Crippen LogP contribution in [-0.2, 0) is 11.2 Å². The predicted molar refractivity (Wildman–Crippen MR) is 93.5 cm³/mol. The van der Waals surface area contributed by atoms with Crippen molar-refractivity contribution in [3.8, 4) is 0 Å². The van der Waals surface area contributed by atoms with E-state index in [1.54, 1.807) is 13.3 Å². The van der Waals surface area contributed by atoms with Crippen LogP contribution in [0.1, 0.15) is 39.4 Å². The Morgan fingerprint density at radius 3 is 2.65 bits per heavy atom. The maximum atomic E-state index is 11.8. The lowest BCUT2D eigenvalue weighted by atomic mass is 9.93. The van der Waals surface area contributed by atoms with Crippen molar-refractivity contribution in [2.45, 2.75) is 40.0 Å². The molecule has 6 heteroatoms. The van der Waals surface area contributed by atoms with Crippen LogP contribution in [0.25, 0.3) is 0 Å². The maximum absolute atomic E-state index is 11.8. The van der Waals surface area contributed by atoms with Crippen molar-refractivity contribution in [3.63, 3.8) is 0 Å². The molecular formula is C17H30N4O2. The molecule has 0 aliphatic heterocycles. The topological polar surface area (TPSA) is 78.7 Å². The predicted octanol–water partition coefficient (Wildman–Crippen LogP) is 1.93. The van der Waals surface area contributed by atoms with Crippen LogP contribution in [0.4, 0.5) is 0 Å². The zero-order valence-electron chi connectivity index (χ0n) is 14.7. The fraction of sp³-hybridized carbons (Fsp3) is 0.647. The summed E-state index contributed by atoms with van der Waals surface area (Å²) in [5.74, 6) is 1.67. The van der Waals surface area contributed by atoms with Crippen LogP contribution >= 0.6 is 0 Å². The van der Waals surface area contributed by atoms with E-state index in [4.69, 9.17) is 4.42 Å². The number of aliphatic imine (C=N–C) groups is 1. The highest BCUT2D eigenvalue weighted by Gasteiger charge is 2.26. The zero-order valence-corrected chi connectivity index (χ0v) is 14.7. The summed E-state index contributed by atoms with van der Waals surface area (Å²) in [6, 6.07) is 3.84. The third kappa shape index (κ3) is 7.21. The molecule has 1 aromatic heterocycles. The van der Waals surface area contributed by atoms with E-state index in [1.807, 2.05) is 26.0 Å². The summed E-state index contributed by atoms with van der Waals surface area (Å²) >= 11 is 0. The van der Waals surface area contributed by atoms with Gasteiger partial charge in [-0.2, -0.15) is 0 Å². The quantitative estimate of drug-likeness (QED) is 0.369. The van der Waals surface area contributed by atoms with E-state index in [1.165, 1.54) is 0 Å². The van der Waals surface area contributed by atoms with Crippen LogP contribution in [0.15, 0.2) is 27.8 Å². The Kier molecular flexibility index (Phi) is 8.22. The summed E-state index contributed by atoms with van der Waals surface area (Å²) in [5, 5.41) is 9.28. The van der Waals surface area contributed by atoms with Crippen LogP contribution in [0, 0.1) is 5.41 Å². The van der Waals surface area contributed by atoms with Crippen molar-refractivity contribution in [1.82, 2.24) is 16.0 Å². The van der Waals surface area contributed by atoms with Gasteiger partial charge in [0.2, 0.25) is 5.91 Å². The van der Waals surface area contributed by atoms with Gasteiger partial charge in [-0.15, -0.1) is 0 Å². The van der Waals surface area contributed by atoms with Gasteiger partial charge in [-0.3, -0.25) is 9.79 Å². The molecule has 130 valence electrons. The number of hydrogen-bond acceptors (Lipinski definition) is 3. The molecule has 6 nitrogen and oxygen atoms in total. The lowest BCUT2D eigenvalue weighted by Gasteiger charge is -2.21. The Bertz CT molecular complexity index is 481. The highest BCUT2D eigenvalue weighted by Crippen LogP contribution is 2.15. The summed E-state index contributed by atoms with van der Waals surface area (Å²) in [7, 11) is 1.65. The number of carbonyl (C=O) groups excluding carboxylic acids is 1. The lowest BCUT2D eigenvalue weighted by Crippen LogP contribution is -2.41. The van der Waals surface area contributed by atoms with E-state index >= 15 is 0 Å². The number of amides is 1. The molecule has 1 amide bonds. The average Bonchev–Trinajstić information content (AvgIpc) is 3.04. The molecule has 0 aromatic carbocycles. The van der Waals surface area contributed by atoms with E-state index in [-0.39, 0.29) is 5.91 Å². The summed E-state index contributed by atoms with van der Waals surface area (Å²) in [4.78, 5) is 16.4. The second kappa shape index (κ2) is 9.92. The normalized spacial score (nSPS) is 12.1. The molecule has 1 aromatic rings. The number of nitrogens with zero attached hydrogens (tertiary/aromatic N) is 1. The highest BCUT2D eigenvalue weighted by molar-refractivity contribution is 5.83. The first-order chi connectivity index (χ1) is 11.0. The van der Waals surface area contributed by atoms with Gasteiger partial charge in [0.05, 0.1) is 18.2 Å². The first-order valence-electron chi connectivity index (χ1n) is 8.26. The smallest absolute Gasteiger partial charge is 0.227 e. The minimum atomic E-state index is -0.533. The molecule has 0 aliphatic rings. The molecule has 1 heterocycles. The molecule has 0 saturated heterocycles. The van der Waals surface area contributed by atoms with Gasteiger partial charge < -0.3 is 20.4 Å². The fourth-order valence-corrected chi connectivity index (χ4v) is 2.00. The Morgan fingerprint density at radius 2 is 2.04 bits per heavy atom. The van der Waals surface area contributed by atoms with E-state index in [9.17, 15) is 4.79 Å². The molecule has 0 saturated carbocycles. The number of guanidine groups is 1. The number of carbonyl (C=O) groups is 1. The van der Waals surface area contributed by atoms with Crippen LogP contribution in [0.3, 0.4) is 0 Å². The van der Waals surface area contributed by atoms with Gasteiger partial charge in [0.1, 0.15) is 5.76 Å². The number of unbranched alkanes of at least 4 members (excludes halogenated alkanes) is 1. The summed E-state index contributed by atoms with van der Waals surface area (Å²) in [5.41, 5.74) is -0.533. The zero-order chi connectivity index (χ0) is 17.1. The second-order valence-corrected chi connectivity index (χ2v) is 6.16. The number of furan rings is 1. The Hall–Kier alpha value is -1.98. The van der Waals surface area contributed by atoms with Crippen LogP contribution in [0.5, 0.6) is 0 Å². The van der Waals surface area contributed by atoms with Gasteiger partial charge in [-0.25, -0.2) is 0 Å². The van der Waals surface area contributed by atoms with Crippen molar-refractivity contribution in [2.75, 3.05) is 26.7 Å². The minimum absolute atomic E-state index is 0.00950. The highest BCUT2D eigenvalue weighted by atomic mass is 16.3. The van der Waals surface area contributed by atoms with Crippen LogP contribution in [-0.4, -0.2) is 38.5 Å². The molecule has 23 heavy (non-hydrogen) atoms. The Labute approximate surface area is 139 Å². The Balaban J connectivity index is 2.55. The van der Waals surface area contributed by atoms with Gasteiger partial charge in [-0.1, -0.05) is 13.3 Å². The fourth-order valence-electron chi connectivity index (χ4n) is 2.00. The average molecular weight is 322 g/mol. The standard InChI is InChI=1S/C17H30N4O2/c1-5-6-10-19-16(20-11-9-14-8-7-12-23-14)21-13-17(2,3)15(22)18-4/h7-8,12H,5-6,9-11,13H2,1-4H3,(H,18,22)(H2,19,20,21). The lowest BCUT2D eigenvalue weighted by molar-refractivity contribution is -0.128. The van der Waals surface area contributed by atoms with Gasteiger partial charge >= 0.3 is 0 Å². The first kappa shape index (κ1) is 19.1. The molecule has 1 rings (SSSR count). The summed E-state index contributed by atoms with van der Waals surface area (Å²) in [6.45, 7) is 7.95. The number of rotatable bonds is 9. The third-order valence-corrected chi connectivity index (χ3v) is 3.54. The van der Waals surface area contributed by atoms with Crippen molar-refractivity contribution in [3.05, 3.63) is 24.2 Å². The number of nitrogens with one attached hydrogen (secondary N) is 3. The summed E-state index contributed by atoms with van der Waals surface area (Å²) < 4.78 is 5.32. The molecule has 0 spiro atoms. The van der Waals surface area contributed by atoms with Crippen LogP contribution < -0.4 is 16.0 Å². The van der Waals surface area contributed by atoms with Gasteiger partial charge in [0.25, 0.3) is 0 Å². The SMILES string of the molecule is CCCCNC(=NCC(C)(C)C(=O)NC)NCCc1ccco1. The minimum Gasteiger partial charge on any atom is -0.469 e. The second-order valence-electron chi connectivity index (χ2n) is 6.16. The van der Waals surface area contributed by atoms with Crippen molar-refractivity contribution >= 4 is 11.9 Å². The largest absolute Gasteiger partial charge is 0.469 e. The van der Waals surface area contributed by atoms with Crippen LogP contribution in [0.2, 0.25) is 0 Å². The monoisotopic (exact) mass is 322 g/mol. The van der Waals surface area contributed by atoms with Crippen molar-refractivity contribution < 1.29 is 9.21 Å². The molecule has 0 aliphatic carbocycles. The third-order valence-electron chi connectivity index (χ3n) is 3.54. The van der Waals surface area contributed by atoms with E-state index < -0.39 is 5.41 Å². The maximum Gasteiger partial charge on any atom is 0.227 e. The molecule has 3 N–H and O–H groups in total. The van der Waals surface area contributed by atoms with E-state index in [0.29, 0.717) is 6.54 Å². The Morgan fingerprint density at radius 1 is 1.30 bits per heavy atom. The molecule has 0 unspecified atom stereocenters. The van der Waals surface area contributed by atoms with Gasteiger partial charge in [0.15, 0.2) is 5.96 Å². The van der Waals surface area contributed by atoms with E-state index in [2.05, 4.69) is 27.9 Å². The van der Waals surface area contributed by atoms with Crippen molar-refractivity contribution in [1.29, 1.82) is 0 Å².